The first-order chi connectivity index (χ1) is 15.9. The average Bonchev–Trinajstić information content (AvgIpc) is 3.22. The Balaban J connectivity index is 1.17. The van der Waals surface area contributed by atoms with Crippen LogP contribution in [-0.4, -0.2) is 81.2 Å². The van der Waals surface area contributed by atoms with Gasteiger partial charge in [-0.3, -0.25) is 13.9 Å². The number of ether oxygens (including phenoxy) is 2. The molecular weight excluding hydrogens is 446 g/mol. The second kappa shape index (κ2) is 8.58. The summed E-state index contributed by atoms with van der Waals surface area (Å²) < 4.78 is 37.0. The van der Waals surface area contributed by atoms with Gasteiger partial charge in [-0.2, -0.15) is 0 Å². The number of nitrogens with zero attached hydrogens (tertiary/aromatic N) is 3. The molecule has 0 N–H and O–H groups in total. The van der Waals surface area contributed by atoms with Crippen molar-refractivity contribution in [2.45, 2.75) is 12.5 Å². The molecule has 1 atom stereocenters. The Morgan fingerprint density at radius 2 is 1.52 bits per heavy atom. The fraction of sp³-hybridized carbons (Fsp3) is 0.391. The number of hydrogen-bond donors (Lipinski definition) is 0. The molecule has 3 aliphatic rings. The van der Waals surface area contributed by atoms with E-state index in [2.05, 4.69) is 0 Å². The number of piperazine rings is 1. The van der Waals surface area contributed by atoms with Gasteiger partial charge in [0.15, 0.2) is 11.5 Å². The van der Waals surface area contributed by atoms with Gasteiger partial charge in [0.25, 0.3) is 11.8 Å². The molecule has 0 aliphatic carbocycles. The summed E-state index contributed by atoms with van der Waals surface area (Å²) in [6.45, 7) is 2.28. The van der Waals surface area contributed by atoms with Gasteiger partial charge in [-0.1, -0.05) is 12.1 Å². The van der Waals surface area contributed by atoms with Crippen LogP contribution in [0.5, 0.6) is 11.5 Å². The predicted octanol–water partition coefficient (Wildman–Crippen LogP) is 1.35. The molecule has 0 aromatic heterocycles. The SMILES string of the molecule is O=C(c1ccc(N2CCCS2(=O)=O)cc1)N1CCN(C(=O)[C@@H]2COc3ccccc3O2)CC1. The maximum atomic E-state index is 12.9. The van der Waals surface area contributed by atoms with E-state index in [0.717, 1.165) is 0 Å². The Hall–Kier alpha value is -3.27. The van der Waals surface area contributed by atoms with Crippen molar-refractivity contribution in [3.05, 3.63) is 54.1 Å². The molecule has 0 radical (unpaired) electrons. The van der Waals surface area contributed by atoms with E-state index in [9.17, 15) is 18.0 Å². The van der Waals surface area contributed by atoms with Gasteiger partial charge in [0.1, 0.15) is 6.61 Å². The summed E-state index contributed by atoms with van der Waals surface area (Å²) in [5, 5.41) is 0. The highest BCUT2D eigenvalue weighted by Gasteiger charge is 2.34. The van der Waals surface area contributed by atoms with E-state index in [1.165, 1.54) is 4.31 Å². The molecule has 3 aliphatic heterocycles. The van der Waals surface area contributed by atoms with Crippen molar-refractivity contribution in [1.29, 1.82) is 0 Å². The van der Waals surface area contributed by atoms with E-state index < -0.39 is 16.1 Å². The largest absolute Gasteiger partial charge is 0.485 e. The number of carbonyl (C=O) groups excluding carboxylic acids is 2. The van der Waals surface area contributed by atoms with Gasteiger partial charge in [-0.05, 0) is 42.8 Å². The van der Waals surface area contributed by atoms with E-state index in [0.29, 0.717) is 61.9 Å². The molecule has 33 heavy (non-hydrogen) atoms. The third kappa shape index (κ3) is 4.22. The molecule has 0 spiro atoms. The molecule has 9 nitrogen and oxygen atoms in total. The van der Waals surface area contributed by atoms with Crippen molar-refractivity contribution in [1.82, 2.24) is 9.80 Å². The minimum atomic E-state index is -3.25. The highest BCUT2D eigenvalue weighted by molar-refractivity contribution is 7.93. The normalized spacial score (nSPS) is 21.7. The number of sulfonamides is 1. The molecule has 2 aromatic rings. The first-order valence-corrected chi connectivity index (χ1v) is 12.6. The number of rotatable bonds is 3. The van der Waals surface area contributed by atoms with Gasteiger partial charge in [-0.25, -0.2) is 8.42 Å². The fourth-order valence-corrected chi connectivity index (χ4v) is 5.92. The maximum Gasteiger partial charge on any atom is 0.267 e. The van der Waals surface area contributed by atoms with Crippen LogP contribution in [0.15, 0.2) is 48.5 Å². The number of para-hydroxylation sites is 2. The zero-order chi connectivity index (χ0) is 23.0. The van der Waals surface area contributed by atoms with E-state index >= 15 is 0 Å². The lowest BCUT2D eigenvalue weighted by Gasteiger charge is -2.37. The summed E-state index contributed by atoms with van der Waals surface area (Å²) >= 11 is 0. The molecular formula is C23H25N3O6S. The summed E-state index contributed by atoms with van der Waals surface area (Å²) in [6.07, 6.45) is -0.0899. The molecule has 174 valence electrons. The van der Waals surface area contributed by atoms with Gasteiger partial charge >= 0.3 is 0 Å². The van der Waals surface area contributed by atoms with Gasteiger partial charge in [0.05, 0.1) is 11.4 Å². The number of amides is 2. The quantitative estimate of drug-likeness (QED) is 0.671. The minimum absolute atomic E-state index is 0.135. The Labute approximate surface area is 192 Å². The summed E-state index contributed by atoms with van der Waals surface area (Å²) in [7, 11) is -3.25. The summed E-state index contributed by atoms with van der Waals surface area (Å²) in [5.41, 5.74) is 1.08. The van der Waals surface area contributed by atoms with Gasteiger partial charge in [0.2, 0.25) is 16.1 Å². The molecule has 0 bridgehead atoms. The summed E-state index contributed by atoms with van der Waals surface area (Å²) in [4.78, 5) is 29.2. The second-order valence-corrected chi connectivity index (χ2v) is 10.3. The molecule has 3 heterocycles. The third-order valence-corrected chi connectivity index (χ3v) is 8.03. The number of anilines is 1. The van der Waals surface area contributed by atoms with Gasteiger partial charge in [0, 0.05) is 38.3 Å². The van der Waals surface area contributed by atoms with Crippen molar-refractivity contribution in [2.24, 2.45) is 0 Å². The van der Waals surface area contributed by atoms with Crippen molar-refractivity contribution in [3.8, 4) is 11.5 Å². The van der Waals surface area contributed by atoms with E-state index in [4.69, 9.17) is 9.47 Å². The third-order valence-electron chi connectivity index (χ3n) is 6.16. The van der Waals surface area contributed by atoms with Crippen LogP contribution in [0.3, 0.4) is 0 Å². The highest BCUT2D eigenvalue weighted by atomic mass is 32.2. The molecule has 0 unspecified atom stereocenters. The highest BCUT2D eigenvalue weighted by Crippen LogP contribution is 2.31. The first-order valence-electron chi connectivity index (χ1n) is 11.0. The topological polar surface area (TPSA) is 96.5 Å². The van der Waals surface area contributed by atoms with Crippen LogP contribution in [-0.2, 0) is 14.8 Å². The molecule has 2 fully saturated rings. The van der Waals surface area contributed by atoms with Crippen LogP contribution in [0.2, 0.25) is 0 Å². The van der Waals surface area contributed by atoms with Crippen LogP contribution in [0.4, 0.5) is 5.69 Å². The second-order valence-electron chi connectivity index (χ2n) is 8.27. The number of fused-ring (bicyclic) bond motifs is 1. The maximum absolute atomic E-state index is 12.9. The predicted molar refractivity (Wildman–Crippen MR) is 121 cm³/mol. The lowest BCUT2D eigenvalue weighted by atomic mass is 10.1. The van der Waals surface area contributed by atoms with Gasteiger partial charge < -0.3 is 19.3 Å². The van der Waals surface area contributed by atoms with E-state index in [-0.39, 0.29) is 24.2 Å². The standard InChI is InChI=1S/C23H25N3O6S/c27-22(17-6-8-18(9-7-17)26-10-3-15-33(26,29)30)24-11-13-25(14-12-24)23(28)21-16-31-19-4-1-2-5-20(19)32-21/h1-2,4-9,21H,3,10-16H2/t21-/m0/s1. The smallest absolute Gasteiger partial charge is 0.267 e. The van der Waals surface area contributed by atoms with Crippen molar-refractivity contribution < 1.29 is 27.5 Å². The molecule has 2 amide bonds. The Morgan fingerprint density at radius 1 is 0.848 bits per heavy atom. The molecule has 5 rings (SSSR count). The minimum Gasteiger partial charge on any atom is -0.485 e. The number of hydrogen-bond acceptors (Lipinski definition) is 6. The van der Waals surface area contributed by atoms with Crippen molar-refractivity contribution in [3.63, 3.8) is 0 Å². The molecule has 0 saturated carbocycles. The van der Waals surface area contributed by atoms with Crippen molar-refractivity contribution >= 4 is 27.5 Å². The average molecular weight is 472 g/mol. The first kappa shape index (κ1) is 21.6. The monoisotopic (exact) mass is 471 g/mol. The molecule has 2 aromatic carbocycles. The zero-order valence-corrected chi connectivity index (χ0v) is 18.9. The van der Waals surface area contributed by atoms with E-state index in [1.54, 1.807) is 46.2 Å². The Kier molecular flexibility index (Phi) is 5.61. The van der Waals surface area contributed by atoms with Crippen LogP contribution < -0.4 is 13.8 Å². The number of benzene rings is 2. The lowest BCUT2D eigenvalue weighted by molar-refractivity contribution is -0.142. The van der Waals surface area contributed by atoms with Crippen LogP contribution in [0.1, 0.15) is 16.8 Å². The fourth-order valence-electron chi connectivity index (χ4n) is 4.36. The molecule has 10 heteroatoms. The van der Waals surface area contributed by atoms with Crippen LogP contribution in [0, 0.1) is 0 Å². The van der Waals surface area contributed by atoms with Crippen LogP contribution in [0.25, 0.3) is 0 Å². The Bertz CT molecular complexity index is 1160. The molecule has 2 saturated heterocycles. The van der Waals surface area contributed by atoms with Crippen LogP contribution >= 0.6 is 0 Å². The zero-order valence-electron chi connectivity index (χ0n) is 18.1. The van der Waals surface area contributed by atoms with Crippen molar-refractivity contribution in [2.75, 3.05) is 49.4 Å². The van der Waals surface area contributed by atoms with E-state index in [1.807, 2.05) is 12.1 Å². The van der Waals surface area contributed by atoms with Gasteiger partial charge in [-0.15, -0.1) is 0 Å². The number of carbonyl (C=O) groups is 2. The summed E-state index contributed by atoms with van der Waals surface area (Å²) in [5.74, 6) is 1.06. The summed E-state index contributed by atoms with van der Waals surface area (Å²) in [6, 6.07) is 13.9. The lowest BCUT2D eigenvalue weighted by Crippen LogP contribution is -2.55. The Morgan fingerprint density at radius 3 is 2.18 bits per heavy atom.